The van der Waals surface area contributed by atoms with Crippen molar-refractivity contribution in [3.8, 4) is 0 Å². The maximum absolute atomic E-state index is 9.43. The zero-order valence-electron chi connectivity index (χ0n) is 3.73. The summed E-state index contributed by atoms with van der Waals surface area (Å²) >= 11 is 0. The molecule has 0 aromatic carbocycles. The van der Waals surface area contributed by atoms with Crippen molar-refractivity contribution in [2.24, 2.45) is 0 Å². The molecule has 5 heteroatoms. The molecule has 0 spiro atoms. The van der Waals surface area contributed by atoms with Crippen LogP contribution in [-0.2, 0) is 30.0 Å². The minimum atomic E-state index is -1.31. The molecule has 50 valence electrons. The number of carboxylic acids is 2. The Balaban J connectivity index is 0. The van der Waals surface area contributed by atoms with Crippen molar-refractivity contribution in [2.75, 3.05) is 0 Å². The molecule has 0 radical (unpaired) electrons. The molecule has 0 atom stereocenters. The Kier molecular flexibility index (Phi) is 6.27. The zero-order valence-corrected chi connectivity index (χ0v) is 5.29. The van der Waals surface area contributed by atoms with Crippen LogP contribution in [0, 0.1) is 0 Å². The van der Waals surface area contributed by atoms with E-state index in [9.17, 15) is 9.59 Å². The van der Waals surface area contributed by atoms with Gasteiger partial charge in [-0.25, -0.2) is 0 Å². The minimum absolute atomic E-state index is 0. The number of hydrogen-bond donors (Lipinski definition) is 2. The van der Waals surface area contributed by atoms with E-state index in [2.05, 4.69) is 0 Å². The molecule has 0 aromatic rings. The van der Waals surface area contributed by atoms with Gasteiger partial charge in [-0.15, -0.1) is 0 Å². The molecule has 0 aliphatic rings. The molecule has 0 bridgehead atoms. The normalized spacial score (nSPS) is 7.00. The molecule has 0 aromatic heterocycles. The Morgan fingerprint density at radius 1 is 1.12 bits per heavy atom. The third kappa shape index (κ3) is 9.14. The predicted octanol–water partition coefficient (Wildman–Crippen LogP) is -0.457. The number of rotatable bonds is 2. The van der Waals surface area contributed by atoms with E-state index in [4.69, 9.17) is 10.2 Å². The average molecular weight is 210 g/mol. The summed E-state index contributed by atoms with van der Waals surface area (Å²) in [5, 5.41) is 15.4. The monoisotopic (exact) mass is 210 g/mol. The molecule has 4 nitrogen and oxygen atoms in total. The summed E-state index contributed by atoms with van der Waals surface area (Å²) in [5.74, 6) is -2.62. The van der Waals surface area contributed by atoms with Gasteiger partial charge in [-0.2, -0.15) is 0 Å². The van der Waals surface area contributed by atoms with Crippen LogP contribution in [-0.4, -0.2) is 22.2 Å². The summed E-state index contributed by atoms with van der Waals surface area (Å²) in [6.07, 6.45) is -0.806. The average Bonchev–Trinajstić information content (AvgIpc) is 1.27. The molecule has 0 aliphatic heterocycles. The van der Waals surface area contributed by atoms with Crippen molar-refractivity contribution in [3.05, 3.63) is 0 Å². The Morgan fingerprint density at radius 3 is 1.38 bits per heavy atom. The van der Waals surface area contributed by atoms with Crippen LogP contribution in [0.5, 0.6) is 0 Å². The smallest absolute Gasteiger partial charge is 0.314 e. The molecule has 0 heterocycles. The number of hydrogen-bond acceptors (Lipinski definition) is 2. The molecule has 0 saturated heterocycles. The van der Waals surface area contributed by atoms with Gasteiger partial charge in [0.05, 0.1) is 0 Å². The van der Waals surface area contributed by atoms with Crippen molar-refractivity contribution in [3.63, 3.8) is 0 Å². The Bertz CT molecular complexity index is 87.5. The Labute approximate surface area is 59.2 Å². The summed E-state index contributed by atoms with van der Waals surface area (Å²) in [6.45, 7) is 0. The molecule has 0 unspecified atom stereocenters. The van der Waals surface area contributed by atoms with Crippen LogP contribution < -0.4 is 0 Å². The summed E-state index contributed by atoms with van der Waals surface area (Å²) in [5.41, 5.74) is 0. The van der Waals surface area contributed by atoms with E-state index in [0.29, 0.717) is 0 Å². The molecule has 2 N–H and O–H groups in total. The summed E-state index contributed by atoms with van der Waals surface area (Å²) in [4.78, 5) is 18.9. The maximum atomic E-state index is 9.43. The molecular weight excluding hydrogens is 206 g/mol. The molecule has 0 saturated carbocycles. The molecule has 8 heavy (non-hydrogen) atoms. The predicted molar refractivity (Wildman–Crippen MR) is 19.9 cm³/mol. The first-order valence-electron chi connectivity index (χ1n) is 1.56. The third-order valence-electron chi connectivity index (χ3n) is 0.302. The van der Waals surface area contributed by atoms with Crippen molar-refractivity contribution in [1.29, 1.82) is 0 Å². The van der Waals surface area contributed by atoms with Gasteiger partial charge in [-0.3, -0.25) is 9.59 Å². The van der Waals surface area contributed by atoms with Gasteiger partial charge in [0.25, 0.3) is 0 Å². The van der Waals surface area contributed by atoms with E-state index in [0.717, 1.165) is 0 Å². The minimum Gasteiger partial charge on any atom is -0.481 e. The van der Waals surface area contributed by atoms with Gasteiger partial charge in [0.2, 0.25) is 0 Å². The van der Waals surface area contributed by atoms with E-state index < -0.39 is 18.4 Å². The van der Waals surface area contributed by atoms with Gasteiger partial charge in [0, 0.05) is 20.4 Å². The second-order valence-corrected chi connectivity index (χ2v) is 0.964. The van der Waals surface area contributed by atoms with Crippen LogP contribution in [0.3, 0.4) is 0 Å². The van der Waals surface area contributed by atoms with Gasteiger partial charge in [0.1, 0.15) is 6.42 Å². The summed E-state index contributed by atoms with van der Waals surface area (Å²) in [7, 11) is 0. The fourth-order valence-electron chi connectivity index (χ4n) is 0.129. The first kappa shape index (κ1) is 10.6. The van der Waals surface area contributed by atoms with E-state index >= 15 is 0 Å². The molecule has 0 aliphatic carbocycles. The molecule has 0 fully saturated rings. The van der Waals surface area contributed by atoms with Crippen molar-refractivity contribution >= 4 is 11.9 Å². The van der Waals surface area contributed by atoms with Crippen LogP contribution in [0.25, 0.3) is 0 Å². The van der Waals surface area contributed by atoms with E-state index in [-0.39, 0.29) is 20.4 Å². The molecule has 0 amide bonds. The van der Waals surface area contributed by atoms with Crippen molar-refractivity contribution in [1.82, 2.24) is 0 Å². The van der Waals surface area contributed by atoms with Gasteiger partial charge in [-0.05, 0) is 0 Å². The zero-order chi connectivity index (χ0) is 5.86. The molecule has 0 rings (SSSR count). The van der Waals surface area contributed by atoms with E-state index in [1.807, 2.05) is 0 Å². The van der Waals surface area contributed by atoms with Crippen molar-refractivity contribution < 1.29 is 40.2 Å². The summed E-state index contributed by atoms with van der Waals surface area (Å²) < 4.78 is 0. The first-order valence-corrected chi connectivity index (χ1v) is 1.56. The Hall–Kier alpha value is -0.398. The first-order chi connectivity index (χ1) is 3.13. The van der Waals surface area contributed by atoms with Crippen molar-refractivity contribution in [2.45, 2.75) is 6.42 Å². The van der Waals surface area contributed by atoms with E-state index in [1.165, 1.54) is 0 Å². The van der Waals surface area contributed by atoms with Crippen LogP contribution >= 0.6 is 0 Å². The van der Waals surface area contributed by atoms with Gasteiger partial charge in [-0.1, -0.05) is 0 Å². The number of carboxylic acid groups (broad SMARTS) is 2. The van der Waals surface area contributed by atoms with Crippen LogP contribution in [0.1, 0.15) is 6.42 Å². The fourth-order valence-corrected chi connectivity index (χ4v) is 0.129. The second kappa shape index (κ2) is 4.75. The van der Waals surface area contributed by atoms with Crippen LogP contribution in [0.4, 0.5) is 0 Å². The van der Waals surface area contributed by atoms with E-state index in [1.54, 1.807) is 0 Å². The van der Waals surface area contributed by atoms with Crippen LogP contribution in [0.15, 0.2) is 0 Å². The topological polar surface area (TPSA) is 74.6 Å². The van der Waals surface area contributed by atoms with Gasteiger partial charge in [0.15, 0.2) is 0 Å². The summed E-state index contributed by atoms with van der Waals surface area (Å²) in [6, 6.07) is 0. The third-order valence-corrected chi connectivity index (χ3v) is 0.302. The quantitative estimate of drug-likeness (QED) is 0.478. The Morgan fingerprint density at radius 2 is 1.38 bits per heavy atom. The number of carbonyl (C=O) groups is 2. The number of aliphatic carboxylic acids is 2. The second-order valence-electron chi connectivity index (χ2n) is 0.964. The van der Waals surface area contributed by atoms with Crippen LogP contribution in [0.2, 0.25) is 0 Å². The van der Waals surface area contributed by atoms with Gasteiger partial charge < -0.3 is 10.2 Å². The standard InChI is InChI=1S/C3H4O4.Pd/c4-2(5)1-3(6)7;/h1H2,(H,4,5)(H,6,7);. The largest absolute Gasteiger partial charge is 0.481 e. The fraction of sp³-hybridized carbons (Fsp3) is 0.333. The molecular formula is C3H4O4Pd. The maximum Gasteiger partial charge on any atom is 0.314 e. The van der Waals surface area contributed by atoms with Gasteiger partial charge >= 0.3 is 11.9 Å². The SMILES string of the molecule is O=C(O)CC(=O)O.[Pd].